The van der Waals surface area contributed by atoms with E-state index in [9.17, 15) is 40.9 Å². The molecule has 6 aliphatic carbocycles. The van der Waals surface area contributed by atoms with Gasteiger partial charge in [-0.05, 0) is 310 Å². The number of phenols is 8. The van der Waals surface area contributed by atoms with E-state index < -0.39 is 0 Å². The second-order valence-electron chi connectivity index (χ2n) is 30.3. The van der Waals surface area contributed by atoms with Crippen LogP contribution in [0.15, 0.2) is 194 Å². The van der Waals surface area contributed by atoms with Crippen molar-refractivity contribution in [3.05, 3.63) is 239 Å². The molecule has 0 saturated heterocycles. The number of hydrogen-bond donors (Lipinski definition) is 8. The van der Waals surface area contributed by atoms with E-state index in [0.29, 0.717) is 75.1 Å². The Morgan fingerprint density at radius 3 is 0.617 bits per heavy atom. The lowest BCUT2D eigenvalue weighted by molar-refractivity contribution is -0.0434. The molecule has 0 heterocycles. The molecule has 8 aromatic rings. The molecule has 8 nitrogen and oxygen atoms in total. The van der Waals surface area contributed by atoms with E-state index in [1.807, 2.05) is 97.1 Å². The minimum atomic E-state index is -0.134. The van der Waals surface area contributed by atoms with Crippen LogP contribution in [-0.2, 0) is 21.7 Å². The second kappa shape index (κ2) is 27.1. The van der Waals surface area contributed by atoms with Crippen LogP contribution in [0.1, 0.15) is 218 Å². The van der Waals surface area contributed by atoms with Gasteiger partial charge in [0.1, 0.15) is 46.0 Å². The Hall–Kier alpha value is -7.84. The minimum Gasteiger partial charge on any atom is -0.508 e. The van der Waals surface area contributed by atoms with Gasteiger partial charge in [-0.15, -0.1) is 0 Å². The Balaban J connectivity index is 0.000000171. The summed E-state index contributed by atoms with van der Waals surface area (Å²) >= 11 is 0. The highest BCUT2D eigenvalue weighted by Gasteiger charge is 2.55. The van der Waals surface area contributed by atoms with Gasteiger partial charge in [-0.25, -0.2) is 0 Å². The standard InChI is InChI=1S/C44H52O4.C42H48O4/c1-42(31-5-3-2-4-6-31,32-23-27-43(28-24-32,34-7-15-38(45)16-8-34)35-9-17-39(46)18-10-35)33-25-29-44(30-26-33,36-11-19-40(47)20-12-36)37-13-21-41(48)22-14-37;43-36-12-4-30(5-13-36)41(31-6-14-37(44)15-7-31)26-20-34(21-27-41)40(24-2-1-3-25-40)35-22-28-42(29-23-35,32-8-16-38(45)17-9-32)33-10-18-39(46)19-11-33/h7-22,31-33,45-48H,2-6,23-30H2,1H3;4-19,34-35,43-46H,1-3,20-29H2. The summed E-state index contributed by atoms with van der Waals surface area (Å²) in [7, 11) is 0. The van der Waals surface area contributed by atoms with E-state index in [4.69, 9.17) is 0 Å². The normalized spacial score (nSPS) is 21.1. The molecule has 8 heteroatoms. The van der Waals surface area contributed by atoms with Gasteiger partial charge >= 0.3 is 0 Å². The molecule has 8 aromatic carbocycles. The Kier molecular flexibility index (Phi) is 18.7. The molecule has 0 amide bonds. The fourth-order valence-electron chi connectivity index (χ4n) is 21.1. The van der Waals surface area contributed by atoms with E-state index in [-0.39, 0.29) is 27.1 Å². The maximum Gasteiger partial charge on any atom is 0.115 e. The quantitative estimate of drug-likeness (QED) is 0.0566. The molecule has 6 fully saturated rings. The van der Waals surface area contributed by atoms with Gasteiger partial charge < -0.3 is 40.9 Å². The van der Waals surface area contributed by atoms with Gasteiger partial charge in [0.15, 0.2) is 0 Å². The van der Waals surface area contributed by atoms with E-state index in [0.717, 1.165) is 57.3 Å². The van der Waals surface area contributed by atoms with Gasteiger partial charge in [-0.3, -0.25) is 0 Å². The number of hydrogen-bond acceptors (Lipinski definition) is 8. The molecule has 6 aliphatic rings. The third-order valence-electron chi connectivity index (χ3n) is 26.4. The third kappa shape index (κ3) is 12.5. The zero-order chi connectivity index (χ0) is 65.1. The molecule has 0 bridgehead atoms. The summed E-state index contributed by atoms with van der Waals surface area (Å²) in [6.07, 6.45) is 31.4. The number of phenolic OH excluding ortho intramolecular Hbond substituents is 8. The molecule has 94 heavy (non-hydrogen) atoms. The number of rotatable bonds is 13. The highest BCUT2D eigenvalue weighted by atomic mass is 16.3. The van der Waals surface area contributed by atoms with Crippen molar-refractivity contribution in [2.45, 2.75) is 196 Å². The molecular weight excluding hydrogens is 1160 g/mol. The van der Waals surface area contributed by atoms with Gasteiger partial charge in [-0.2, -0.15) is 0 Å². The summed E-state index contributed by atoms with van der Waals surface area (Å²) in [4.78, 5) is 0. The Morgan fingerprint density at radius 2 is 0.404 bits per heavy atom. The minimum absolute atomic E-state index is 0.118. The molecule has 0 spiro atoms. The first-order chi connectivity index (χ1) is 45.6. The summed E-state index contributed by atoms with van der Waals surface area (Å²) in [5.74, 6) is 5.79. The molecule has 0 aromatic heterocycles. The zero-order valence-electron chi connectivity index (χ0n) is 55.3. The molecule has 0 aliphatic heterocycles. The van der Waals surface area contributed by atoms with E-state index >= 15 is 0 Å². The smallest absolute Gasteiger partial charge is 0.115 e. The molecular formula is C86H100O8. The van der Waals surface area contributed by atoms with Gasteiger partial charge in [0, 0.05) is 21.7 Å². The summed E-state index contributed by atoms with van der Waals surface area (Å²) in [5.41, 5.74) is 10.2. The van der Waals surface area contributed by atoms with Gasteiger partial charge in [0.2, 0.25) is 0 Å². The maximum absolute atomic E-state index is 10.1. The molecule has 0 radical (unpaired) electrons. The third-order valence-corrected chi connectivity index (χ3v) is 26.4. The molecule has 0 atom stereocenters. The van der Waals surface area contributed by atoms with E-state index in [2.05, 4.69) is 104 Å². The average molecular weight is 1260 g/mol. The van der Waals surface area contributed by atoms with Crippen molar-refractivity contribution in [3.8, 4) is 46.0 Å². The zero-order valence-corrected chi connectivity index (χ0v) is 55.3. The Labute approximate surface area is 558 Å². The van der Waals surface area contributed by atoms with Gasteiger partial charge in [0.05, 0.1) is 0 Å². The highest BCUT2D eigenvalue weighted by molar-refractivity contribution is 5.48. The van der Waals surface area contributed by atoms with Crippen molar-refractivity contribution >= 4 is 0 Å². The lowest BCUT2D eigenvalue weighted by Crippen LogP contribution is -2.48. The SMILES string of the molecule is CC(C1CCCCC1)(C1CCC(c2ccc(O)cc2)(c2ccc(O)cc2)CC1)C1CCC(c2ccc(O)cc2)(c2ccc(O)cc2)CC1.Oc1ccc(C2(c3ccc(O)cc3)CCC(C3(C4CCC(c5ccc(O)cc5)(c5ccc(O)cc5)CC4)CCCCC3)CC2)cc1. The number of benzene rings is 8. The molecule has 14 rings (SSSR count). The second-order valence-corrected chi connectivity index (χ2v) is 30.3. The van der Waals surface area contributed by atoms with Gasteiger partial charge in [0.25, 0.3) is 0 Å². The van der Waals surface area contributed by atoms with Crippen molar-refractivity contribution in [3.63, 3.8) is 0 Å². The highest BCUT2D eigenvalue weighted by Crippen LogP contribution is 2.64. The number of aromatic hydroxyl groups is 8. The predicted molar refractivity (Wildman–Crippen MR) is 376 cm³/mol. The lowest BCUT2D eigenvalue weighted by atomic mass is 9.48. The summed E-state index contributed by atoms with van der Waals surface area (Å²) in [6, 6.07) is 62.9. The van der Waals surface area contributed by atoms with E-state index in [1.165, 1.54) is 160 Å². The van der Waals surface area contributed by atoms with Crippen LogP contribution < -0.4 is 0 Å². The van der Waals surface area contributed by atoms with Crippen LogP contribution in [0.25, 0.3) is 0 Å². The van der Waals surface area contributed by atoms with Crippen LogP contribution >= 0.6 is 0 Å². The van der Waals surface area contributed by atoms with Gasteiger partial charge in [-0.1, -0.05) is 143 Å². The van der Waals surface area contributed by atoms with Crippen LogP contribution in [0.5, 0.6) is 46.0 Å². The largest absolute Gasteiger partial charge is 0.508 e. The summed E-state index contributed by atoms with van der Waals surface area (Å²) in [6.45, 7) is 2.68. The Morgan fingerprint density at radius 1 is 0.223 bits per heavy atom. The van der Waals surface area contributed by atoms with Crippen molar-refractivity contribution < 1.29 is 40.9 Å². The van der Waals surface area contributed by atoms with Crippen molar-refractivity contribution in [2.24, 2.45) is 40.4 Å². The fraction of sp³-hybridized carbons (Fsp3) is 0.442. The average Bonchev–Trinajstić information content (AvgIpc) is 0.754. The Bertz CT molecular complexity index is 3300. The first kappa shape index (κ1) is 64.8. The molecule has 492 valence electrons. The first-order valence-corrected chi connectivity index (χ1v) is 35.9. The topological polar surface area (TPSA) is 162 Å². The first-order valence-electron chi connectivity index (χ1n) is 35.9. The summed E-state index contributed by atoms with van der Waals surface area (Å²) in [5, 5.41) is 80.9. The van der Waals surface area contributed by atoms with Crippen LogP contribution in [0.4, 0.5) is 0 Å². The van der Waals surface area contributed by atoms with Crippen LogP contribution in [0.3, 0.4) is 0 Å². The van der Waals surface area contributed by atoms with Crippen molar-refractivity contribution in [1.29, 1.82) is 0 Å². The predicted octanol–water partition coefficient (Wildman–Crippen LogP) is 20.9. The van der Waals surface area contributed by atoms with Crippen LogP contribution in [-0.4, -0.2) is 40.9 Å². The summed E-state index contributed by atoms with van der Waals surface area (Å²) < 4.78 is 0. The van der Waals surface area contributed by atoms with Crippen molar-refractivity contribution in [1.82, 2.24) is 0 Å². The van der Waals surface area contributed by atoms with Crippen LogP contribution in [0.2, 0.25) is 0 Å². The van der Waals surface area contributed by atoms with E-state index in [1.54, 1.807) is 0 Å². The lowest BCUT2D eigenvalue weighted by Gasteiger charge is -2.56. The molecule has 8 N–H and O–H groups in total. The van der Waals surface area contributed by atoms with Crippen molar-refractivity contribution in [2.75, 3.05) is 0 Å². The maximum atomic E-state index is 10.1. The van der Waals surface area contributed by atoms with Crippen LogP contribution in [0, 0.1) is 40.4 Å². The monoisotopic (exact) mass is 1260 g/mol. The molecule has 0 unspecified atom stereocenters. The molecule has 6 saturated carbocycles. The fourth-order valence-corrected chi connectivity index (χ4v) is 21.1.